The third kappa shape index (κ3) is 5.94. The first-order chi connectivity index (χ1) is 15.0. The molecule has 0 fully saturated rings. The number of aryl methyl sites for hydroxylation is 2. The lowest BCUT2D eigenvalue weighted by Gasteiger charge is -2.12. The molecule has 0 saturated heterocycles. The SMILES string of the molecule is CCOc1cc(CNC(=O)CCn2nc(-c3ccc(C)cc3)ccc2=O)ccc1OC. The van der Waals surface area contributed by atoms with Gasteiger partial charge in [-0.3, -0.25) is 9.59 Å². The maximum absolute atomic E-state index is 12.3. The number of methoxy groups -OCH3 is 1. The van der Waals surface area contributed by atoms with E-state index in [0.29, 0.717) is 30.3 Å². The smallest absolute Gasteiger partial charge is 0.266 e. The van der Waals surface area contributed by atoms with Gasteiger partial charge in [0.1, 0.15) is 0 Å². The molecule has 1 aromatic heterocycles. The summed E-state index contributed by atoms with van der Waals surface area (Å²) in [5, 5.41) is 7.28. The van der Waals surface area contributed by atoms with Crippen molar-refractivity contribution in [3.05, 3.63) is 76.1 Å². The molecule has 0 radical (unpaired) electrons. The van der Waals surface area contributed by atoms with E-state index in [1.54, 1.807) is 13.2 Å². The van der Waals surface area contributed by atoms with Gasteiger partial charge in [0.2, 0.25) is 5.91 Å². The number of carbonyl (C=O) groups excluding carboxylic acids is 1. The van der Waals surface area contributed by atoms with E-state index in [1.165, 1.54) is 10.7 Å². The Morgan fingerprint density at radius 3 is 2.55 bits per heavy atom. The van der Waals surface area contributed by atoms with E-state index in [2.05, 4.69) is 10.4 Å². The fourth-order valence-corrected chi connectivity index (χ4v) is 3.08. The van der Waals surface area contributed by atoms with E-state index >= 15 is 0 Å². The number of hydrogen-bond donors (Lipinski definition) is 1. The summed E-state index contributed by atoms with van der Waals surface area (Å²) in [5.41, 5.74) is 3.43. The number of rotatable bonds is 9. The molecule has 0 bridgehead atoms. The largest absolute Gasteiger partial charge is 0.493 e. The van der Waals surface area contributed by atoms with Crippen LogP contribution in [0, 0.1) is 6.92 Å². The van der Waals surface area contributed by atoms with Crippen LogP contribution in [0.1, 0.15) is 24.5 Å². The molecule has 7 heteroatoms. The van der Waals surface area contributed by atoms with Gasteiger partial charge in [-0.2, -0.15) is 5.10 Å². The number of nitrogens with zero attached hydrogens (tertiary/aromatic N) is 2. The highest BCUT2D eigenvalue weighted by Gasteiger charge is 2.09. The molecule has 0 aliphatic carbocycles. The maximum atomic E-state index is 12.3. The molecule has 0 aliphatic rings. The molecule has 1 N–H and O–H groups in total. The maximum Gasteiger partial charge on any atom is 0.266 e. The van der Waals surface area contributed by atoms with Crippen molar-refractivity contribution in [2.75, 3.05) is 13.7 Å². The average molecular weight is 421 g/mol. The summed E-state index contributed by atoms with van der Waals surface area (Å²) in [6, 6.07) is 16.6. The first-order valence-corrected chi connectivity index (χ1v) is 10.2. The standard InChI is InChI=1S/C24H27N3O4/c1-4-31-22-15-18(7-11-21(22)30-3)16-25-23(28)13-14-27-24(29)12-10-20(26-27)19-8-5-17(2)6-9-19/h5-12,15H,4,13-14,16H2,1-3H3,(H,25,28). The molecular weight excluding hydrogens is 394 g/mol. The van der Waals surface area contributed by atoms with Crippen molar-refractivity contribution in [2.24, 2.45) is 0 Å². The highest BCUT2D eigenvalue weighted by molar-refractivity contribution is 5.75. The van der Waals surface area contributed by atoms with Gasteiger partial charge in [-0.25, -0.2) is 4.68 Å². The van der Waals surface area contributed by atoms with Crippen molar-refractivity contribution >= 4 is 5.91 Å². The molecule has 0 atom stereocenters. The average Bonchev–Trinajstić information content (AvgIpc) is 2.78. The van der Waals surface area contributed by atoms with Crippen molar-refractivity contribution in [1.29, 1.82) is 0 Å². The van der Waals surface area contributed by atoms with E-state index in [9.17, 15) is 9.59 Å². The Labute approximate surface area is 181 Å². The Hall–Kier alpha value is -3.61. The number of hydrogen-bond acceptors (Lipinski definition) is 5. The molecule has 0 aliphatic heterocycles. The zero-order valence-electron chi connectivity index (χ0n) is 18.1. The number of benzene rings is 2. The Balaban J connectivity index is 1.60. The molecule has 31 heavy (non-hydrogen) atoms. The van der Waals surface area contributed by atoms with E-state index in [0.717, 1.165) is 16.7 Å². The second kappa shape index (κ2) is 10.4. The number of ether oxygens (including phenoxy) is 2. The molecule has 162 valence electrons. The van der Waals surface area contributed by atoms with Crippen LogP contribution in [0.15, 0.2) is 59.4 Å². The lowest BCUT2D eigenvalue weighted by Crippen LogP contribution is -2.28. The predicted octanol–water partition coefficient (Wildman–Crippen LogP) is 3.33. The van der Waals surface area contributed by atoms with Crippen LogP contribution in [-0.2, 0) is 17.9 Å². The van der Waals surface area contributed by atoms with Gasteiger partial charge < -0.3 is 14.8 Å². The number of carbonyl (C=O) groups is 1. The van der Waals surface area contributed by atoms with Crippen LogP contribution in [0.4, 0.5) is 0 Å². The number of aromatic nitrogens is 2. The lowest BCUT2D eigenvalue weighted by atomic mass is 10.1. The first-order valence-electron chi connectivity index (χ1n) is 10.2. The molecule has 0 saturated carbocycles. The van der Waals surface area contributed by atoms with Crippen LogP contribution in [0.2, 0.25) is 0 Å². The van der Waals surface area contributed by atoms with Crippen molar-refractivity contribution in [3.8, 4) is 22.8 Å². The van der Waals surface area contributed by atoms with Gasteiger partial charge >= 0.3 is 0 Å². The monoisotopic (exact) mass is 421 g/mol. The highest BCUT2D eigenvalue weighted by Crippen LogP contribution is 2.28. The molecular formula is C24H27N3O4. The van der Waals surface area contributed by atoms with E-state index in [4.69, 9.17) is 9.47 Å². The fourth-order valence-electron chi connectivity index (χ4n) is 3.08. The zero-order chi connectivity index (χ0) is 22.2. The van der Waals surface area contributed by atoms with Gasteiger partial charge in [-0.1, -0.05) is 35.9 Å². The molecule has 0 spiro atoms. The van der Waals surface area contributed by atoms with Crippen molar-refractivity contribution in [1.82, 2.24) is 15.1 Å². The van der Waals surface area contributed by atoms with E-state index in [1.807, 2.05) is 56.3 Å². The normalized spacial score (nSPS) is 10.5. The third-order valence-electron chi connectivity index (χ3n) is 4.78. The van der Waals surface area contributed by atoms with Gasteiger partial charge in [-0.05, 0) is 37.6 Å². The van der Waals surface area contributed by atoms with Crippen LogP contribution in [0.3, 0.4) is 0 Å². The van der Waals surface area contributed by atoms with Crippen LogP contribution in [-0.4, -0.2) is 29.4 Å². The fraction of sp³-hybridized carbons (Fsp3) is 0.292. The first kappa shape index (κ1) is 22.1. The highest BCUT2D eigenvalue weighted by atomic mass is 16.5. The quantitative estimate of drug-likeness (QED) is 0.573. The zero-order valence-corrected chi connectivity index (χ0v) is 18.1. The summed E-state index contributed by atoms with van der Waals surface area (Å²) in [7, 11) is 1.59. The summed E-state index contributed by atoms with van der Waals surface area (Å²) in [4.78, 5) is 24.5. The van der Waals surface area contributed by atoms with Gasteiger partial charge in [0.05, 0.1) is 26.0 Å². The molecule has 1 amide bonds. The Kier molecular flexibility index (Phi) is 7.43. The summed E-state index contributed by atoms with van der Waals surface area (Å²) >= 11 is 0. The Morgan fingerprint density at radius 2 is 1.84 bits per heavy atom. The minimum absolute atomic E-state index is 0.152. The van der Waals surface area contributed by atoms with Crippen LogP contribution in [0.25, 0.3) is 11.3 Å². The van der Waals surface area contributed by atoms with Crippen LogP contribution < -0.4 is 20.3 Å². The number of nitrogens with one attached hydrogen (secondary N) is 1. The predicted molar refractivity (Wildman–Crippen MR) is 119 cm³/mol. The third-order valence-corrected chi connectivity index (χ3v) is 4.78. The molecule has 2 aromatic carbocycles. The van der Waals surface area contributed by atoms with Crippen molar-refractivity contribution in [3.63, 3.8) is 0 Å². The summed E-state index contributed by atoms with van der Waals surface area (Å²) in [5.74, 6) is 1.12. The lowest BCUT2D eigenvalue weighted by molar-refractivity contribution is -0.121. The van der Waals surface area contributed by atoms with Gasteiger partial charge in [0, 0.05) is 24.6 Å². The second-order valence-corrected chi connectivity index (χ2v) is 7.09. The van der Waals surface area contributed by atoms with Crippen molar-refractivity contribution in [2.45, 2.75) is 33.4 Å². The van der Waals surface area contributed by atoms with Crippen LogP contribution >= 0.6 is 0 Å². The minimum atomic E-state index is -0.236. The second-order valence-electron chi connectivity index (χ2n) is 7.09. The number of amides is 1. The summed E-state index contributed by atoms with van der Waals surface area (Å²) in [6.45, 7) is 5.00. The Bertz CT molecular complexity index is 1090. The minimum Gasteiger partial charge on any atom is -0.493 e. The van der Waals surface area contributed by atoms with E-state index in [-0.39, 0.29) is 24.4 Å². The van der Waals surface area contributed by atoms with Crippen LogP contribution in [0.5, 0.6) is 11.5 Å². The molecule has 3 rings (SSSR count). The van der Waals surface area contributed by atoms with Gasteiger partial charge in [-0.15, -0.1) is 0 Å². The molecule has 3 aromatic rings. The Morgan fingerprint density at radius 1 is 1.06 bits per heavy atom. The molecule has 7 nitrogen and oxygen atoms in total. The summed E-state index contributed by atoms with van der Waals surface area (Å²) < 4.78 is 12.2. The summed E-state index contributed by atoms with van der Waals surface area (Å²) in [6.07, 6.45) is 0.152. The molecule has 1 heterocycles. The van der Waals surface area contributed by atoms with Crippen molar-refractivity contribution < 1.29 is 14.3 Å². The van der Waals surface area contributed by atoms with Gasteiger partial charge in [0.25, 0.3) is 5.56 Å². The van der Waals surface area contributed by atoms with E-state index < -0.39 is 0 Å². The van der Waals surface area contributed by atoms with Gasteiger partial charge in [0.15, 0.2) is 11.5 Å². The molecule has 0 unspecified atom stereocenters. The topological polar surface area (TPSA) is 82.5 Å².